The number of amides is 1. The third-order valence-corrected chi connectivity index (χ3v) is 3.24. The van der Waals surface area contributed by atoms with E-state index < -0.39 is 0 Å². The third kappa shape index (κ3) is 6.67. The molecular formula is C14H30N2O. The highest BCUT2D eigenvalue weighted by Gasteiger charge is 2.21. The Morgan fingerprint density at radius 3 is 2.24 bits per heavy atom. The maximum Gasteiger partial charge on any atom is 0.225 e. The summed E-state index contributed by atoms with van der Waals surface area (Å²) in [5.41, 5.74) is 5.59. The van der Waals surface area contributed by atoms with Crippen LogP contribution in [0.4, 0.5) is 0 Å². The Kier molecular flexibility index (Phi) is 10.2. The van der Waals surface area contributed by atoms with Crippen molar-refractivity contribution >= 4 is 5.91 Å². The molecule has 3 heteroatoms. The molecule has 0 rings (SSSR count). The molecule has 0 bridgehead atoms. The molecule has 0 aliphatic carbocycles. The fourth-order valence-corrected chi connectivity index (χ4v) is 2.05. The first-order valence-electron chi connectivity index (χ1n) is 7.19. The summed E-state index contributed by atoms with van der Waals surface area (Å²) in [6.45, 7) is 8.58. The molecule has 0 aromatic carbocycles. The summed E-state index contributed by atoms with van der Waals surface area (Å²) < 4.78 is 0. The minimum atomic E-state index is 0.207. The molecule has 0 aliphatic heterocycles. The molecule has 0 aromatic heterocycles. The van der Waals surface area contributed by atoms with Crippen molar-refractivity contribution in [1.82, 2.24) is 4.90 Å². The summed E-state index contributed by atoms with van der Waals surface area (Å²) in [4.78, 5) is 14.3. The van der Waals surface area contributed by atoms with E-state index in [1.165, 1.54) is 0 Å². The molecule has 0 aromatic rings. The second-order valence-electron chi connectivity index (χ2n) is 4.71. The lowest BCUT2D eigenvalue weighted by molar-refractivity contribution is -0.135. The van der Waals surface area contributed by atoms with Gasteiger partial charge in [0.05, 0.1) is 0 Å². The molecule has 1 atom stereocenters. The van der Waals surface area contributed by atoms with Crippen molar-refractivity contribution in [2.24, 2.45) is 11.7 Å². The smallest absolute Gasteiger partial charge is 0.225 e. The largest absolute Gasteiger partial charge is 0.341 e. The van der Waals surface area contributed by atoms with Gasteiger partial charge < -0.3 is 10.6 Å². The summed E-state index contributed by atoms with van der Waals surface area (Å²) in [6, 6.07) is 0. The topological polar surface area (TPSA) is 46.3 Å². The van der Waals surface area contributed by atoms with E-state index in [-0.39, 0.29) is 5.92 Å². The van der Waals surface area contributed by atoms with Crippen LogP contribution >= 0.6 is 0 Å². The zero-order valence-electron chi connectivity index (χ0n) is 11.9. The molecule has 102 valence electrons. The summed E-state index contributed by atoms with van der Waals surface area (Å²) in [6.07, 6.45) is 6.49. The Bertz CT molecular complexity index is 195. The van der Waals surface area contributed by atoms with Crippen LogP contribution in [0.25, 0.3) is 0 Å². The fourth-order valence-electron chi connectivity index (χ4n) is 2.05. The maximum atomic E-state index is 12.3. The van der Waals surface area contributed by atoms with Crippen molar-refractivity contribution in [1.29, 1.82) is 0 Å². The minimum absolute atomic E-state index is 0.207. The van der Waals surface area contributed by atoms with Crippen molar-refractivity contribution in [3.63, 3.8) is 0 Å². The second kappa shape index (κ2) is 10.6. The van der Waals surface area contributed by atoms with Gasteiger partial charge in [0.15, 0.2) is 0 Å². The van der Waals surface area contributed by atoms with Crippen LogP contribution in [0.2, 0.25) is 0 Å². The first kappa shape index (κ1) is 16.4. The molecule has 17 heavy (non-hydrogen) atoms. The highest BCUT2D eigenvalue weighted by Crippen LogP contribution is 2.16. The number of nitrogens with two attached hydrogens (primary N) is 1. The molecule has 3 nitrogen and oxygen atoms in total. The van der Waals surface area contributed by atoms with Crippen LogP contribution in [0.1, 0.15) is 59.3 Å². The average Bonchev–Trinajstić information content (AvgIpc) is 2.35. The SMILES string of the molecule is CCCCC(CC)C(=O)N(CCN)CCCC. The number of carbonyl (C=O) groups is 1. The Labute approximate surface area is 107 Å². The molecule has 0 saturated carbocycles. The van der Waals surface area contributed by atoms with Gasteiger partial charge in [-0.05, 0) is 19.3 Å². The molecule has 0 saturated heterocycles. The van der Waals surface area contributed by atoms with Gasteiger partial charge in [-0.15, -0.1) is 0 Å². The number of unbranched alkanes of at least 4 members (excludes halogenated alkanes) is 2. The zero-order chi connectivity index (χ0) is 13.1. The summed E-state index contributed by atoms with van der Waals surface area (Å²) in [7, 11) is 0. The van der Waals surface area contributed by atoms with Gasteiger partial charge >= 0.3 is 0 Å². The van der Waals surface area contributed by atoms with Gasteiger partial charge in [-0.2, -0.15) is 0 Å². The fraction of sp³-hybridized carbons (Fsp3) is 0.929. The predicted octanol–water partition coefficient (Wildman–Crippen LogP) is 2.79. The number of carbonyl (C=O) groups excluding carboxylic acids is 1. The van der Waals surface area contributed by atoms with E-state index in [4.69, 9.17) is 5.73 Å². The molecule has 0 radical (unpaired) electrons. The summed E-state index contributed by atoms with van der Waals surface area (Å²) in [5.74, 6) is 0.526. The lowest BCUT2D eigenvalue weighted by atomic mass is 9.97. The van der Waals surface area contributed by atoms with Crippen LogP contribution in [-0.2, 0) is 4.79 Å². The lowest BCUT2D eigenvalue weighted by Gasteiger charge is -2.26. The molecule has 0 heterocycles. The number of rotatable bonds is 10. The molecule has 0 aliphatic rings. The molecule has 0 fully saturated rings. The maximum absolute atomic E-state index is 12.3. The van der Waals surface area contributed by atoms with Crippen molar-refractivity contribution < 1.29 is 4.79 Å². The Morgan fingerprint density at radius 1 is 1.12 bits per heavy atom. The van der Waals surface area contributed by atoms with Gasteiger partial charge in [-0.1, -0.05) is 40.0 Å². The van der Waals surface area contributed by atoms with Crippen LogP contribution in [-0.4, -0.2) is 30.4 Å². The van der Waals surface area contributed by atoms with Crippen LogP contribution < -0.4 is 5.73 Å². The summed E-state index contributed by atoms with van der Waals surface area (Å²) >= 11 is 0. The van der Waals surface area contributed by atoms with Crippen LogP contribution in [0.3, 0.4) is 0 Å². The number of hydrogen-bond donors (Lipinski definition) is 1. The van der Waals surface area contributed by atoms with Crippen LogP contribution in [0, 0.1) is 5.92 Å². The quantitative estimate of drug-likeness (QED) is 0.640. The first-order chi connectivity index (χ1) is 8.21. The number of hydrogen-bond acceptors (Lipinski definition) is 2. The van der Waals surface area contributed by atoms with Crippen molar-refractivity contribution in [2.45, 2.75) is 59.3 Å². The van der Waals surface area contributed by atoms with E-state index in [1.54, 1.807) is 0 Å². The molecule has 2 N–H and O–H groups in total. The standard InChI is InChI=1S/C14H30N2O/c1-4-7-9-13(6-3)14(17)16(12-10-15)11-8-5-2/h13H,4-12,15H2,1-3H3. The van der Waals surface area contributed by atoms with E-state index in [1.807, 2.05) is 4.90 Å². The predicted molar refractivity (Wildman–Crippen MR) is 73.8 cm³/mol. The van der Waals surface area contributed by atoms with Gasteiger partial charge in [0.2, 0.25) is 5.91 Å². The third-order valence-electron chi connectivity index (χ3n) is 3.24. The van der Waals surface area contributed by atoms with Gasteiger partial charge in [-0.25, -0.2) is 0 Å². The van der Waals surface area contributed by atoms with Gasteiger partial charge in [0, 0.05) is 25.6 Å². The Morgan fingerprint density at radius 2 is 1.76 bits per heavy atom. The monoisotopic (exact) mass is 242 g/mol. The van der Waals surface area contributed by atoms with Crippen molar-refractivity contribution in [2.75, 3.05) is 19.6 Å². The second-order valence-corrected chi connectivity index (χ2v) is 4.71. The van der Waals surface area contributed by atoms with E-state index in [0.717, 1.165) is 45.1 Å². The number of nitrogens with zero attached hydrogens (tertiary/aromatic N) is 1. The van der Waals surface area contributed by atoms with Gasteiger partial charge in [0.1, 0.15) is 0 Å². The summed E-state index contributed by atoms with van der Waals surface area (Å²) in [5, 5.41) is 0. The normalized spacial score (nSPS) is 12.5. The van der Waals surface area contributed by atoms with Gasteiger partial charge in [-0.3, -0.25) is 4.79 Å². The van der Waals surface area contributed by atoms with E-state index in [9.17, 15) is 4.79 Å². The van der Waals surface area contributed by atoms with E-state index >= 15 is 0 Å². The van der Waals surface area contributed by atoms with Gasteiger partial charge in [0.25, 0.3) is 0 Å². The van der Waals surface area contributed by atoms with Crippen LogP contribution in [0.15, 0.2) is 0 Å². The first-order valence-corrected chi connectivity index (χ1v) is 7.19. The molecule has 0 spiro atoms. The average molecular weight is 242 g/mol. The molecule has 1 amide bonds. The van der Waals surface area contributed by atoms with Crippen molar-refractivity contribution in [3.05, 3.63) is 0 Å². The lowest BCUT2D eigenvalue weighted by Crippen LogP contribution is -2.40. The molecule has 1 unspecified atom stereocenters. The highest BCUT2D eigenvalue weighted by atomic mass is 16.2. The van der Waals surface area contributed by atoms with Crippen molar-refractivity contribution in [3.8, 4) is 0 Å². The highest BCUT2D eigenvalue weighted by molar-refractivity contribution is 5.78. The van der Waals surface area contributed by atoms with Crippen LogP contribution in [0.5, 0.6) is 0 Å². The van der Waals surface area contributed by atoms with E-state index in [0.29, 0.717) is 19.0 Å². The Hall–Kier alpha value is -0.570. The zero-order valence-corrected chi connectivity index (χ0v) is 11.9. The molecular weight excluding hydrogens is 212 g/mol. The van der Waals surface area contributed by atoms with E-state index in [2.05, 4.69) is 20.8 Å². The Balaban J connectivity index is 4.32. The minimum Gasteiger partial charge on any atom is -0.341 e.